The molecule has 2 aromatic rings. The van der Waals surface area contributed by atoms with Crippen molar-refractivity contribution in [2.45, 2.75) is 25.7 Å². The van der Waals surface area contributed by atoms with Crippen molar-refractivity contribution in [3.05, 3.63) is 30.1 Å². The number of fused-ring (bicyclic) bond motifs is 1. The highest BCUT2D eigenvalue weighted by Crippen LogP contribution is 2.26. The Labute approximate surface area is 106 Å². The molecule has 1 aliphatic heterocycles. The number of piperidine rings is 1. The van der Waals surface area contributed by atoms with Gasteiger partial charge in [0.15, 0.2) is 0 Å². The number of amides is 1. The number of aromatic amines is 1. The molecule has 0 spiro atoms. The van der Waals surface area contributed by atoms with Gasteiger partial charge in [-0.3, -0.25) is 4.79 Å². The number of aromatic nitrogens is 2. The third-order valence-electron chi connectivity index (χ3n) is 3.66. The maximum absolute atomic E-state index is 11.4. The summed E-state index contributed by atoms with van der Waals surface area (Å²) in [5.41, 5.74) is 2.08. The van der Waals surface area contributed by atoms with E-state index in [1.54, 1.807) is 6.92 Å². The molecule has 1 aliphatic rings. The van der Waals surface area contributed by atoms with E-state index in [0.29, 0.717) is 5.92 Å². The van der Waals surface area contributed by atoms with Crippen molar-refractivity contribution in [1.82, 2.24) is 14.9 Å². The quantitative estimate of drug-likeness (QED) is 0.835. The Kier molecular flexibility index (Phi) is 2.78. The van der Waals surface area contributed by atoms with Gasteiger partial charge in [-0.15, -0.1) is 0 Å². The lowest BCUT2D eigenvalue weighted by molar-refractivity contribution is -0.130. The minimum absolute atomic E-state index is 0.163. The number of carbonyl (C=O) groups is 1. The van der Waals surface area contributed by atoms with E-state index in [0.717, 1.165) is 42.8 Å². The molecule has 0 radical (unpaired) electrons. The normalized spacial score (nSPS) is 20.3. The van der Waals surface area contributed by atoms with E-state index in [2.05, 4.69) is 9.97 Å². The molecule has 1 N–H and O–H groups in total. The van der Waals surface area contributed by atoms with Gasteiger partial charge in [-0.05, 0) is 25.0 Å². The zero-order valence-corrected chi connectivity index (χ0v) is 10.5. The van der Waals surface area contributed by atoms with Crippen LogP contribution in [0.5, 0.6) is 0 Å². The Morgan fingerprint density at radius 1 is 1.44 bits per heavy atom. The van der Waals surface area contributed by atoms with Crippen LogP contribution in [0.25, 0.3) is 11.0 Å². The van der Waals surface area contributed by atoms with Gasteiger partial charge in [0.2, 0.25) is 5.91 Å². The SMILES string of the molecule is CC(=O)N1CCCC(c2nc3ccccc3[nH]2)C1. The summed E-state index contributed by atoms with van der Waals surface area (Å²) in [5.74, 6) is 1.52. The monoisotopic (exact) mass is 243 g/mol. The summed E-state index contributed by atoms with van der Waals surface area (Å²) in [6, 6.07) is 8.06. The molecule has 1 amide bonds. The lowest BCUT2D eigenvalue weighted by Gasteiger charge is -2.30. The Balaban J connectivity index is 1.87. The molecule has 18 heavy (non-hydrogen) atoms. The van der Waals surface area contributed by atoms with Crippen LogP contribution in [0.2, 0.25) is 0 Å². The third kappa shape index (κ3) is 1.98. The molecule has 0 aliphatic carbocycles. The van der Waals surface area contributed by atoms with Crippen LogP contribution in [0.1, 0.15) is 31.5 Å². The highest BCUT2D eigenvalue weighted by atomic mass is 16.2. The molecule has 1 aromatic heterocycles. The van der Waals surface area contributed by atoms with Crippen LogP contribution in [0.15, 0.2) is 24.3 Å². The summed E-state index contributed by atoms with van der Waals surface area (Å²) < 4.78 is 0. The maximum atomic E-state index is 11.4. The topological polar surface area (TPSA) is 49.0 Å². The highest BCUT2D eigenvalue weighted by molar-refractivity contribution is 5.75. The molecule has 1 aromatic carbocycles. The molecule has 1 atom stereocenters. The van der Waals surface area contributed by atoms with Crippen LogP contribution in [0, 0.1) is 0 Å². The summed E-state index contributed by atoms with van der Waals surface area (Å²) in [7, 11) is 0. The summed E-state index contributed by atoms with van der Waals surface area (Å²) in [4.78, 5) is 21.4. The lowest BCUT2D eigenvalue weighted by atomic mass is 9.97. The molecule has 0 saturated carbocycles. The standard InChI is InChI=1S/C14H17N3O/c1-10(18)17-8-4-5-11(9-17)14-15-12-6-2-3-7-13(12)16-14/h2-3,6-7,11H,4-5,8-9H2,1H3,(H,15,16). The van der Waals surface area contributed by atoms with Gasteiger partial charge in [0.1, 0.15) is 5.82 Å². The van der Waals surface area contributed by atoms with Gasteiger partial charge in [0.25, 0.3) is 0 Å². The van der Waals surface area contributed by atoms with E-state index in [-0.39, 0.29) is 5.91 Å². The van der Waals surface area contributed by atoms with E-state index in [1.807, 2.05) is 29.2 Å². The average molecular weight is 243 g/mol. The van der Waals surface area contributed by atoms with Crippen LogP contribution in [0.4, 0.5) is 0 Å². The van der Waals surface area contributed by atoms with E-state index in [4.69, 9.17) is 0 Å². The number of nitrogens with zero attached hydrogens (tertiary/aromatic N) is 2. The Bertz CT molecular complexity index is 542. The van der Waals surface area contributed by atoms with Gasteiger partial charge in [-0.25, -0.2) is 4.98 Å². The van der Waals surface area contributed by atoms with E-state index < -0.39 is 0 Å². The molecule has 2 heterocycles. The van der Waals surface area contributed by atoms with Gasteiger partial charge in [0.05, 0.1) is 11.0 Å². The van der Waals surface area contributed by atoms with E-state index in [9.17, 15) is 4.79 Å². The lowest BCUT2D eigenvalue weighted by Crippen LogP contribution is -2.37. The molecule has 0 bridgehead atoms. The Morgan fingerprint density at radius 2 is 2.28 bits per heavy atom. The van der Waals surface area contributed by atoms with Crippen molar-refractivity contribution in [3.63, 3.8) is 0 Å². The number of imidazole rings is 1. The molecule has 1 saturated heterocycles. The zero-order chi connectivity index (χ0) is 12.5. The smallest absolute Gasteiger partial charge is 0.219 e. The molecular formula is C14H17N3O. The van der Waals surface area contributed by atoms with Crippen molar-refractivity contribution >= 4 is 16.9 Å². The first-order chi connectivity index (χ1) is 8.74. The number of hydrogen-bond donors (Lipinski definition) is 1. The third-order valence-corrected chi connectivity index (χ3v) is 3.66. The molecule has 94 valence electrons. The number of para-hydroxylation sites is 2. The Hall–Kier alpha value is -1.84. The average Bonchev–Trinajstić information content (AvgIpc) is 2.82. The molecule has 1 fully saturated rings. The molecule has 4 nitrogen and oxygen atoms in total. The second kappa shape index (κ2) is 4.44. The molecule has 1 unspecified atom stereocenters. The van der Waals surface area contributed by atoms with Crippen molar-refractivity contribution in [1.29, 1.82) is 0 Å². The number of H-pyrrole nitrogens is 1. The number of benzene rings is 1. The summed E-state index contributed by atoms with van der Waals surface area (Å²) in [6.07, 6.45) is 2.16. The van der Waals surface area contributed by atoms with Crippen LogP contribution in [-0.4, -0.2) is 33.9 Å². The summed E-state index contributed by atoms with van der Waals surface area (Å²) in [5, 5.41) is 0. The largest absolute Gasteiger partial charge is 0.342 e. The summed E-state index contributed by atoms with van der Waals surface area (Å²) in [6.45, 7) is 3.31. The van der Waals surface area contributed by atoms with Gasteiger partial charge < -0.3 is 9.88 Å². The first-order valence-electron chi connectivity index (χ1n) is 6.44. The van der Waals surface area contributed by atoms with Crippen LogP contribution < -0.4 is 0 Å². The maximum Gasteiger partial charge on any atom is 0.219 e. The van der Waals surface area contributed by atoms with Crippen LogP contribution >= 0.6 is 0 Å². The van der Waals surface area contributed by atoms with Crippen molar-refractivity contribution in [2.24, 2.45) is 0 Å². The van der Waals surface area contributed by atoms with Crippen molar-refractivity contribution < 1.29 is 4.79 Å². The van der Waals surface area contributed by atoms with Gasteiger partial charge in [-0.1, -0.05) is 12.1 Å². The van der Waals surface area contributed by atoms with E-state index >= 15 is 0 Å². The molecular weight excluding hydrogens is 226 g/mol. The number of carbonyl (C=O) groups excluding carboxylic acids is 1. The predicted octanol–water partition coefficient (Wildman–Crippen LogP) is 2.29. The van der Waals surface area contributed by atoms with Crippen molar-refractivity contribution in [3.8, 4) is 0 Å². The first-order valence-corrected chi connectivity index (χ1v) is 6.44. The van der Waals surface area contributed by atoms with Crippen LogP contribution in [-0.2, 0) is 4.79 Å². The first kappa shape index (κ1) is 11.3. The molecule has 4 heteroatoms. The number of hydrogen-bond acceptors (Lipinski definition) is 2. The fourth-order valence-corrected chi connectivity index (χ4v) is 2.65. The van der Waals surface area contributed by atoms with Gasteiger partial charge >= 0.3 is 0 Å². The fraction of sp³-hybridized carbons (Fsp3) is 0.429. The summed E-state index contributed by atoms with van der Waals surface area (Å²) >= 11 is 0. The minimum Gasteiger partial charge on any atom is -0.342 e. The van der Waals surface area contributed by atoms with Crippen LogP contribution in [0.3, 0.4) is 0 Å². The van der Waals surface area contributed by atoms with Gasteiger partial charge in [-0.2, -0.15) is 0 Å². The number of nitrogens with one attached hydrogen (secondary N) is 1. The number of likely N-dealkylation sites (tertiary alicyclic amines) is 1. The predicted molar refractivity (Wildman–Crippen MR) is 70.3 cm³/mol. The highest BCUT2D eigenvalue weighted by Gasteiger charge is 2.24. The number of rotatable bonds is 1. The Morgan fingerprint density at radius 3 is 3.06 bits per heavy atom. The zero-order valence-electron chi connectivity index (χ0n) is 10.5. The second-order valence-electron chi connectivity index (χ2n) is 4.94. The molecule has 3 rings (SSSR count). The minimum atomic E-state index is 0.163. The van der Waals surface area contributed by atoms with E-state index in [1.165, 1.54) is 0 Å². The second-order valence-corrected chi connectivity index (χ2v) is 4.94. The fourth-order valence-electron chi connectivity index (χ4n) is 2.65. The van der Waals surface area contributed by atoms with Crippen molar-refractivity contribution in [2.75, 3.05) is 13.1 Å². The van der Waals surface area contributed by atoms with Gasteiger partial charge in [0, 0.05) is 25.9 Å².